The first-order valence-corrected chi connectivity index (χ1v) is 3.97. The average molecular weight is 135 g/mol. The normalized spacial score (nSPS) is 11.2. The monoisotopic (exact) mass is 135 g/mol. The van der Waals surface area contributed by atoms with E-state index in [0.29, 0.717) is 0 Å². The molecule has 0 fully saturated rings. The zero-order chi connectivity index (χ0) is 6.24. The Hall–Kier alpha value is 0.350. The molecular formula is C5H14NOP. The Morgan fingerprint density at radius 2 is 2.25 bits per heavy atom. The van der Waals surface area contributed by atoms with Crippen LogP contribution in [0.4, 0.5) is 0 Å². The van der Waals surface area contributed by atoms with E-state index in [0.717, 1.165) is 13.0 Å². The molecule has 8 heavy (non-hydrogen) atoms. The smallest absolute Gasteiger partial charge is 0.0833 e. The maximum absolute atomic E-state index is 5.12. The van der Waals surface area contributed by atoms with E-state index in [1.54, 1.807) is 0 Å². The standard InChI is InChI=1S/C5H14NOP/c1-2-3-4-5-7-8-6/h8H,2-6H2,1H3. The van der Waals surface area contributed by atoms with E-state index in [9.17, 15) is 0 Å². The van der Waals surface area contributed by atoms with Gasteiger partial charge in [-0.1, -0.05) is 19.8 Å². The zero-order valence-corrected chi connectivity index (χ0v) is 6.31. The molecule has 1 unspecified atom stereocenters. The van der Waals surface area contributed by atoms with Crippen LogP contribution < -0.4 is 5.50 Å². The van der Waals surface area contributed by atoms with Crippen molar-refractivity contribution in [2.24, 2.45) is 5.50 Å². The van der Waals surface area contributed by atoms with Crippen molar-refractivity contribution < 1.29 is 4.52 Å². The molecule has 0 amide bonds. The lowest BCUT2D eigenvalue weighted by atomic mass is 10.3. The Labute approximate surface area is 52.7 Å². The topological polar surface area (TPSA) is 35.2 Å². The molecule has 2 N–H and O–H groups in total. The second-order valence-electron chi connectivity index (χ2n) is 1.67. The summed E-state index contributed by atoms with van der Waals surface area (Å²) in [6.07, 6.45) is 3.65. The molecule has 0 aliphatic carbocycles. The van der Waals surface area contributed by atoms with Crippen molar-refractivity contribution in [2.45, 2.75) is 26.2 Å². The van der Waals surface area contributed by atoms with Crippen LogP contribution >= 0.6 is 8.96 Å². The summed E-state index contributed by atoms with van der Waals surface area (Å²) in [6.45, 7) is 3.01. The second-order valence-corrected chi connectivity index (χ2v) is 2.20. The van der Waals surface area contributed by atoms with Gasteiger partial charge >= 0.3 is 0 Å². The van der Waals surface area contributed by atoms with Crippen LogP contribution in [0.1, 0.15) is 26.2 Å². The van der Waals surface area contributed by atoms with Crippen molar-refractivity contribution in [3.05, 3.63) is 0 Å². The first kappa shape index (κ1) is 8.35. The maximum Gasteiger partial charge on any atom is 0.0833 e. The van der Waals surface area contributed by atoms with Crippen LogP contribution in [0.25, 0.3) is 0 Å². The molecule has 0 aliphatic heterocycles. The van der Waals surface area contributed by atoms with Crippen LogP contribution in [0.5, 0.6) is 0 Å². The molecule has 0 radical (unpaired) electrons. The van der Waals surface area contributed by atoms with Gasteiger partial charge in [-0.15, -0.1) is 0 Å². The molecule has 0 aliphatic rings. The summed E-state index contributed by atoms with van der Waals surface area (Å²) >= 11 is 0. The Morgan fingerprint density at radius 1 is 1.50 bits per heavy atom. The predicted molar refractivity (Wildman–Crippen MR) is 38.0 cm³/mol. The van der Waals surface area contributed by atoms with Crippen LogP contribution in [0.15, 0.2) is 0 Å². The quantitative estimate of drug-likeness (QED) is 0.459. The molecule has 50 valence electrons. The minimum absolute atomic E-state index is 0.169. The lowest BCUT2D eigenvalue weighted by Crippen LogP contribution is -1.86. The van der Waals surface area contributed by atoms with Crippen LogP contribution in [0, 0.1) is 0 Å². The molecule has 0 saturated heterocycles. The van der Waals surface area contributed by atoms with Gasteiger partial charge in [-0.2, -0.15) is 0 Å². The van der Waals surface area contributed by atoms with Gasteiger partial charge in [0.05, 0.1) is 15.6 Å². The second kappa shape index (κ2) is 7.35. The molecule has 0 aromatic heterocycles. The first-order chi connectivity index (χ1) is 3.91. The molecule has 2 nitrogen and oxygen atoms in total. The third kappa shape index (κ3) is 6.35. The number of unbranched alkanes of at least 4 members (excludes halogenated alkanes) is 2. The highest BCUT2D eigenvalue weighted by atomic mass is 31.1. The van der Waals surface area contributed by atoms with E-state index < -0.39 is 0 Å². The van der Waals surface area contributed by atoms with Crippen molar-refractivity contribution >= 4 is 8.96 Å². The molecular weight excluding hydrogens is 121 g/mol. The van der Waals surface area contributed by atoms with Gasteiger partial charge in [-0.3, -0.25) is 5.50 Å². The largest absolute Gasteiger partial charge is 0.347 e. The summed E-state index contributed by atoms with van der Waals surface area (Å²) in [5.41, 5.74) is 5.12. The third-order valence-corrected chi connectivity index (χ3v) is 1.30. The van der Waals surface area contributed by atoms with Gasteiger partial charge in [0, 0.05) is 0 Å². The fourth-order valence-corrected chi connectivity index (χ4v) is 0.745. The maximum atomic E-state index is 5.12. The van der Waals surface area contributed by atoms with Crippen molar-refractivity contribution in [1.29, 1.82) is 0 Å². The summed E-state index contributed by atoms with van der Waals surface area (Å²) in [7, 11) is 0.169. The van der Waals surface area contributed by atoms with Crippen LogP contribution in [-0.4, -0.2) is 6.61 Å². The fourth-order valence-electron chi connectivity index (χ4n) is 0.483. The fraction of sp³-hybridized carbons (Fsp3) is 1.00. The minimum Gasteiger partial charge on any atom is -0.347 e. The van der Waals surface area contributed by atoms with Crippen molar-refractivity contribution in [1.82, 2.24) is 0 Å². The van der Waals surface area contributed by atoms with E-state index in [2.05, 4.69) is 6.92 Å². The number of nitrogens with two attached hydrogens (primary N) is 1. The van der Waals surface area contributed by atoms with Crippen LogP contribution in [0.2, 0.25) is 0 Å². The molecule has 0 rings (SSSR count). The summed E-state index contributed by atoms with van der Waals surface area (Å²) in [4.78, 5) is 0. The van der Waals surface area contributed by atoms with E-state index in [1.165, 1.54) is 12.8 Å². The van der Waals surface area contributed by atoms with E-state index >= 15 is 0 Å². The van der Waals surface area contributed by atoms with Gasteiger partial charge in [0.25, 0.3) is 0 Å². The van der Waals surface area contributed by atoms with Crippen molar-refractivity contribution in [2.75, 3.05) is 6.61 Å². The van der Waals surface area contributed by atoms with Crippen LogP contribution in [0.3, 0.4) is 0 Å². The number of rotatable bonds is 5. The molecule has 0 saturated carbocycles. The molecule has 0 spiro atoms. The lowest BCUT2D eigenvalue weighted by molar-refractivity contribution is 0.348. The zero-order valence-electron chi connectivity index (χ0n) is 5.31. The number of hydrogen-bond donors (Lipinski definition) is 1. The molecule has 0 heterocycles. The third-order valence-electron chi connectivity index (χ3n) is 0.933. The van der Waals surface area contributed by atoms with E-state index in [-0.39, 0.29) is 8.96 Å². The average Bonchev–Trinajstić information content (AvgIpc) is 1.81. The Bertz CT molecular complexity index is 37.4. The van der Waals surface area contributed by atoms with Crippen molar-refractivity contribution in [3.63, 3.8) is 0 Å². The highest BCUT2D eigenvalue weighted by Gasteiger charge is 1.82. The van der Waals surface area contributed by atoms with Gasteiger partial charge in [0.15, 0.2) is 0 Å². The highest BCUT2D eigenvalue weighted by molar-refractivity contribution is 7.29. The lowest BCUT2D eigenvalue weighted by Gasteiger charge is -1.96. The minimum atomic E-state index is 0.169. The number of hydrogen-bond acceptors (Lipinski definition) is 2. The van der Waals surface area contributed by atoms with E-state index in [4.69, 9.17) is 10.0 Å². The Balaban J connectivity index is 2.53. The van der Waals surface area contributed by atoms with Gasteiger partial charge in [0.2, 0.25) is 0 Å². The molecule has 0 bridgehead atoms. The summed E-state index contributed by atoms with van der Waals surface area (Å²) in [5.74, 6) is 0. The summed E-state index contributed by atoms with van der Waals surface area (Å²) in [5, 5.41) is 0. The van der Waals surface area contributed by atoms with Gasteiger partial charge in [-0.05, 0) is 6.42 Å². The Morgan fingerprint density at radius 3 is 2.75 bits per heavy atom. The SMILES string of the molecule is CCCCCOPN. The van der Waals surface area contributed by atoms with E-state index in [1.807, 2.05) is 0 Å². The first-order valence-electron chi connectivity index (χ1n) is 2.99. The summed E-state index contributed by atoms with van der Waals surface area (Å²) < 4.78 is 4.94. The molecule has 3 heteroatoms. The van der Waals surface area contributed by atoms with Gasteiger partial charge in [-0.25, -0.2) is 0 Å². The highest BCUT2D eigenvalue weighted by Crippen LogP contribution is 2.01. The molecule has 0 aromatic carbocycles. The van der Waals surface area contributed by atoms with Gasteiger partial charge in [0.1, 0.15) is 0 Å². The predicted octanol–water partition coefficient (Wildman–Crippen LogP) is 1.66. The van der Waals surface area contributed by atoms with Gasteiger partial charge < -0.3 is 4.52 Å². The Kier molecular flexibility index (Phi) is 7.67. The molecule has 0 aromatic rings. The summed E-state index contributed by atoms with van der Waals surface area (Å²) in [6, 6.07) is 0. The van der Waals surface area contributed by atoms with Crippen molar-refractivity contribution in [3.8, 4) is 0 Å². The molecule has 1 atom stereocenters. The van der Waals surface area contributed by atoms with Crippen LogP contribution in [-0.2, 0) is 4.52 Å².